The van der Waals surface area contributed by atoms with Crippen molar-refractivity contribution >= 4 is 45.9 Å². The van der Waals surface area contributed by atoms with Gasteiger partial charge in [0.2, 0.25) is 5.13 Å². The van der Waals surface area contributed by atoms with Crippen LogP contribution in [0.15, 0.2) is 22.4 Å². The normalized spacial score (nSPS) is 13.5. The van der Waals surface area contributed by atoms with Gasteiger partial charge >= 0.3 is 5.97 Å². The summed E-state index contributed by atoms with van der Waals surface area (Å²) in [5.74, 6) is 0.391. The number of phenols is 1. The Morgan fingerprint density at radius 2 is 2.27 bits per heavy atom. The number of aromatic hydroxyl groups is 1. The zero-order valence-electron chi connectivity index (χ0n) is 11.4. The van der Waals surface area contributed by atoms with Gasteiger partial charge in [-0.1, -0.05) is 11.3 Å². The topological polar surface area (TPSA) is 100 Å². The van der Waals surface area contributed by atoms with Crippen molar-refractivity contribution in [3.05, 3.63) is 17.7 Å². The highest BCUT2D eigenvalue weighted by Gasteiger charge is 2.22. The van der Waals surface area contributed by atoms with Crippen LogP contribution in [0.5, 0.6) is 11.5 Å². The summed E-state index contributed by atoms with van der Waals surface area (Å²) in [6, 6.07) is 2.93. The van der Waals surface area contributed by atoms with Gasteiger partial charge < -0.3 is 14.7 Å². The Balaban J connectivity index is 1.83. The lowest BCUT2D eigenvalue weighted by atomic mass is 10.1. The lowest BCUT2D eigenvalue weighted by molar-refractivity contribution is -0.131. The molecule has 0 radical (unpaired) electrons. The predicted molar refractivity (Wildman–Crippen MR) is 83.8 cm³/mol. The van der Waals surface area contributed by atoms with Crippen LogP contribution in [0.1, 0.15) is 5.56 Å². The van der Waals surface area contributed by atoms with E-state index in [2.05, 4.69) is 33.1 Å². The molecule has 0 amide bonds. The van der Waals surface area contributed by atoms with Crippen LogP contribution in [0.4, 0.5) is 16.0 Å². The van der Waals surface area contributed by atoms with Crippen LogP contribution < -0.4 is 9.64 Å². The minimum atomic E-state index is -0.355. The molecule has 22 heavy (non-hydrogen) atoms. The summed E-state index contributed by atoms with van der Waals surface area (Å²) in [5.41, 5.74) is 0.917. The van der Waals surface area contributed by atoms with E-state index in [1.54, 1.807) is 11.0 Å². The minimum Gasteiger partial charge on any atom is -0.505 e. The first-order valence-corrected chi connectivity index (χ1v) is 7.65. The van der Waals surface area contributed by atoms with Gasteiger partial charge in [0, 0.05) is 18.7 Å². The number of hydrogen-bond donors (Lipinski definition) is 2. The van der Waals surface area contributed by atoms with Crippen molar-refractivity contribution in [3.8, 4) is 11.5 Å². The lowest BCUT2D eigenvalue weighted by Gasteiger charge is -2.08. The fourth-order valence-electron chi connectivity index (χ4n) is 1.79. The second-order valence-electron chi connectivity index (χ2n) is 4.51. The number of ether oxygens (including phenoxy) is 1. The first-order valence-electron chi connectivity index (χ1n) is 6.20. The van der Waals surface area contributed by atoms with E-state index < -0.39 is 0 Å². The predicted octanol–water partition coefficient (Wildman–Crippen LogP) is 2.44. The fraction of sp³-hybridized carbons (Fsp3) is 0.250. The van der Waals surface area contributed by atoms with E-state index in [0.29, 0.717) is 27.5 Å². The molecule has 8 nitrogen and oxygen atoms in total. The number of phenolic OH excluding ortho intramolecular Hbond substituents is 1. The highest BCUT2D eigenvalue weighted by Crippen LogP contribution is 2.38. The van der Waals surface area contributed by atoms with E-state index in [4.69, 9.17) is 4.74 Å². The second-order valence-corrected chi connectivity index (χ2v) is 5.72. The molecule has 0 unspecified atom stereocenters. The van der Waals surface area contributed by atoms with Gasteiger partial charge in [-0.15, -0.1) is 20.4 Å². The Hall–Kier alpha value is -2.20. The Labute approximate surface area is 134 Å². The number of benzene rings is 1. The van der Waals surface area contributed by atoms with Gasteiger partial charge in [-0.3, -0.25) is 4.79 Å². The summed E-state index contributed by atoms with van der Waals surface area (Å²) in [6.45, 7) is 0. The van der Waals surface area contributed by atoms with Gasteiger partial charge in [0.25, 0.3) is 5.13 Å². The molecule has 1 N–H and O–H groups in total. The number of carbonyl (C=O) groups excluding carboxylic acids is 1. The third kappa shape index (κ3) is 2.88. The third-order valence-electron chi connectivity index (χ3n) is 2.90. The molecule has 0 spiro atoms. The van der Waals surface area contributed by atoms with Gasteiger partial charge in [-0.2, -0.15) is 12.6 Å². The summed E-state index contributed by atoms with van der Waals surface area (Å²) in [7, 11) is 1.83. The van der Waals surface area contributed by atoms with Crippen molar-refractivity contribution in [2.75, 3.05) is 17.8 Å². The Bertz CT molecular complexity index is 761. The molecule has 2 aromatic rings. The van der Waals surface area contributed by atoms with Gasteiger partial charge in [0.1, 0.15) is 17.2 Å². The van der Waals surface area contributed by atoms with E-state index >= 15 is 0 Å². The average molecular weight is 337 g/mol. The van der Waals surface area contributed by atoms with Gasteiger partial charge in [0.15, 0.2) is 0 Å². The van der Waals surface area contributed by atoms with Crippen LogP contribution in [-0.2, 0) is 11.2 Å². The number of hydrogen-bond acceptors (Lipinski definition) is 10. The molecule has 10 heteroatoms. The van der Waals surface area contributed by atoms with Crippen molar-refractivity contribution in [2.24, 2.45) is 10.2 Å². The molecular formula is C12H11N5O3S2. The molecule has 0 atom stereocenters. The first kappa shape index (κ1) is 14.7. The SMILES string of the molecule is CN(CS)c1nnc(N=Nc2cc3c(cc2O)OC(=O)C3)s1. The number of aromatic nitrogens is 2. The maximum absolute atomic E-state index is 11.2. The molecule has 1 aliphatic heterocycles. The molecule has 3 rings (SSSR count). The first-order chi connectivity index (χ1) is 10.6. The molecule has 0 saturated heterocycles. The Kier molecular flexibility index (Phi) is 3.94. The van der Waals surface area contributed by atoms with Crippen LogP contribution in [0.3, 0.4) is 0 Å². The summed E-state index contributed by atoms with van der Waals surface area (Å²) < 4.78 is 4.94. The van der Waals surface area contributed by atoms with Gasteiger partial charge in [-0.25, -0.2) is 0 Å². The molecular weight excluding hydrogens is 326 g/mol. The maximum atomic E-state index is 11.2. The Morgan fingerprint density at radius 3 is 3.05 bits per heavy atom. The quantitative estimate of drug-likeness (QED) is 0.292. The van der Waals surface area contributed by atoms with Crippen LogP contribution in [0.2, 0.25) is 0 Å². The number of rotatable bonds is 4. The number of fused-ring (bicyclic) bond motifs is 1. The third-order valence-corrected chi connectivity index (χ3v) is 4.25. The standard InChI is InChI=1S/C12H11N5O3S2/c1-17(5-21)12-16-15-11(22-12)14-13-7-2-6-3-10(19)20-9(6)4-8(7)18/h2,4,18,21H,3,5H2,1H3. The molecule has 2 heterocycles. The minimum absolute atomic E-state index is 0.116. The van der Waals surface area contributed by atoms with Gasteiger partial charge in [-0.05, 0) is 6.07 Å². The average Bonchev–Trinajstić information content (AvgIpc) is 3.09. The summed E-state index contributed by atoms with van der Waals surface area (Å²) >= 11 is 5.39. The van der Waals surface area contributed by atoms with Crippen molar-refractivity contribution in [3.63, 3.8) is 0 Å². The van der Waals surface area contributed by atoms with Crippen LogP contribution in [0, 0.1) is 0 Å². The molecule has 1 aromatic heterocycles. The monoisotopic (exact) mass is 337 g/mol. The van der Waals surface area contributed by atoms with Crippen LogP contribution in [-0.4, -0.2) is 34.2 Å². The zero-order chi connectivity index (χ0) is 15.7. The van der Waals surface area contributed by atoms with E-state index in [0.717, 1.165) is 0 Å². The molecule has 0 bridgehead atoms. The molecule has 1 aliphatic rings. The summed E-state index contributed by atoms with van der Waals surface area (Å²) in [6.07, 6.45) is 0.161. The van der Waals surface area contributed by atoms with Crippen LogP contribution >= 0.6 is 24.0 Å². The van der Waals surface area contributed by atoms with Crippen molar-refractivity contribution in [1.29, 1.82) is 0 Å². The largest absolute Gasteiger partial charge is 0.505 e. The maximum Gasteiger partial charge on any atom is 0.315 e. The molecule has 0 saturated carbocycles. The van der Waals surface area contributed by atoms with Crippen LogP contribution in [0.25, 0.3) is 0 Å². The second kappa shape index (κ2) is 5.89. The fourth-order valence-corrected chi connectivity index (χ4v) is 2.65. The van der Waals surface area contributed by atoms with E-state index in [1.165, 1.54) is 17.4 Å². The summed E-state index contributed by atoms with van der Waals surface area (Å²) in [4.78, 5) is 13.0. The highest BCUT2D eigenvalue weighted by atomic mass is 32.1. The number of esters is 1. The Morgan fingerprint density at radius 1 is 1.45 bits per heavy atom. The zero-order valence-corrected chi connectivity index (χ0v) is 13.1. The van der Waals surface area contributed by atoms with E-state index in [-0.39, 0.29) is 23.8 Å². The smallest absolute Gasteiger partial charge is 0.315 e. The number of carbonyl (C=O) groups is 1. The molecule has 114 valence electrons. The van der Waals surface area contributed by atoms with Crippen molar-refractivity contribution < 1.29 is 14.6 Å². The van der Waals surface area contributed by atoms with Crippen molar-refractivity contribution in [1.82, 2.24) is 10.2 Å². The molecule has 0 aliphatic carbocycles. The lowest BCUT2D eigenvalue weighted by Crippen LogP contribution is -2.13. The van der Waals surface area contributed by atoms with Gasteiger partial charge in [0.05, 0.1) is 12.3 Å². The van der Waals surface area contributed by atoms with E-state index in [1.807, 2.05) is 7.05 Å². The van der Waals surface area contributed by atoms with Crippen molar-refractivity contribution in [2.45, 2.75) is 6.42 Å². The number of nitrogens with zero attached hydrogens (tertiary/aromatic N) is 5. The van der Waals surface area contributed by atoms with E-state index in [9.17, 15) is 9.90 Å². The number of azo groups is 1. The highest BCUT2D eigenvalue weighted by molar-refractivity contribution is 7.80. The number of anilines is 1. The molecule has 0 fully saturated rings. The summed E-state index contributed by atoms with van der Waals surface area (Å²) in [5, 5.41) is 26.6. The molecule has 1 aromatic carbocycles. The number of thiol groups is 1.